The molecule has 3 aromatic carbocycles. The van der Waals surface area contributed by atoms with Crippen LogP contribution >= 0.6 is 35.0 Å². The van der Waals surface area contributed by atoms with E-state index in [1.54, 1.807) is 18.2 Å². The Morgan fingerprint density at radius 2 is 1.76 bits per heavy atom. The van der Waals surface area contributed by atoms with Crippen molar-refractivity contribution in [2.45, 2.75) is 20.5 Å². The fourth-order valence-corrected chi connectivity index (χ4v) is 4.75. The number of aliphatic imine (C=N–C) groups is 1. The van der Waals surface area contributed by atoms with E-state index in [1.807, 2.05) is 62.4 Å². The Kier molecular flexibility index (Phi) is 7.83. The molecular formula is C26H22Cl2N2O3S. The van der Waals surface area contributed by atoms with E-state index < -0.39 is 0 Å². The Balaban J connectivity index is 1.47. The molecule has 4 rings (SSSR count). The van der Waals surface area contributed by atoms with Crippen molar-refractivity contribution in [2.75, 3.05) is 6.61 Å². The number of nitrogens with one attached hydrogen (secondary N) is 1. The molecular weight excluding hydrogens is 491 g/mol. The average molecular weight is 513 g/mol. The van der Waals surface area contributed by atoms with Crippen LogP contribution in [0.4, 0.5) is 5.69 Å². The highest BCUT2D eigenvalue weighted by molar-refractivity contribution is 8.18. The number of benzene rings is 3. The molecule has 0 bridgehead atoms. The van der Waals surface area contributed by atoms with Crippen molar-refractivity contribution in [3.8, 4) is 11.5 Å². The van der Waals surface area contributed by atoms with Gasteiger partial charge in [-0.25, -0.2) is 4.99 Å². The predicted octanol–water partition coefficient (Wildman–Crippen LogP) is 7.17. The van der Waals surface area contributed by atoms with Gasteiger partial charge in [0, 0.05) is 0 Å². The highest BCUT2D eigenvalue weighted by Crippen LogP contribution is 2.37. The molecule has 1 aliphatic heterocycles. The molecule has 0 saturated carbocycles. The monoisotopic (exact) mass is 512 g/mol. The van der Waals surface area contributed by atoms with Crippen LogP contribution < -0.4 is 14.8 Å². The zero-order chi connectivity index (χ0) is 24.1. The third-order valence-corrected chi connectivity index (χ3v) is 6.28. The topological polar surface area (TPSA) is 59.9 Å². The minimum absolute atomic E-state index is 0.235. The van der Waals surface area contributed by atoms with E-state index in [4.69, 9.17) is 32.7 Å². The van der Waals surface area contributed by atoms with Gasteiger partial charge in [-0.2, -0.15) is 0 Å². The van der Waals surface area contributed by atoms with Gasteiger partial charge in [0.1, 0.15) is 12.4 Å². The highest BCUT2D eigenvalue weighted by Gasteiger charge is 2.24. The van der Waals surface area contributed by atoms with Crippen molar-refractivity contribution in [1.82, 2.24) is 5.32 Å². The van der Waals surface area contributed by atoms with E-state index in [1.165, 1.54) is 11.8 Å². The Hall–Kier alpha value is -2.93. The molecule has 1 heterocycles. The summed E-state index contributed by atoms with van der Waals surface area (Å²) in [7, 11) is 0. The van der Waals surface area contributed by atoms with Crippen LogP contribution in [0.15, 0.2) is 70.6 Å². The summed E-state index contributed by atoms with van der Waals surface area (Å²) >= 11 is 14.1. The van der Waals surface area contributed by atoms with Gasteiger partial charge in [0.15, 0.2) is 10.9 Å². The molecule has 0 atom stereocenters. The molecule has 0 unspecified atom stereocenters. The first-order valence-corrected chi connectivity index (χ1v) is 12.2. The van der Waals surface area contributed by atoms with Gasteiger partial charge in [-0.1, -0.05) is 53.0 Å². The van der Waals surface area contributed by atoms with Crippen LogP contribution in [0.3, 0.4) is 0 Å². The second kappa shape index (κ2) is 11.0. The van der Waals surface area contributed by atoms with E-state index >= 15 is 0 Å². The number of halogens is 2. The van der Waals surface area contributed by atoms with Gasteiger partial charge in [-0.05, 0) is 79.2 Å². The molecule has 5 nitrogen and oxygen atoms in total. The number of carbonyl (C=O) groups is 1. The SMILES string of the molecule is CCOc1ccc(N=C2NC(=O)/C(=C\c3cc(Cl)c(OCc4cccc(C)c4)c(Cl)c3)S2)cc1. The number of hydrogen-bond donors (Lipinski definition) is 1. The minimum Gasteiger partial charge on any atom is -0.494 e. The summed E-state index contributed by atoms with van der Waals surface area (Å²) in [6.07, 6.45) is 1.73. The van der Waals surface area contributed by atoms with Gasteiger partial charge in [0.05, 0.1) is 27.2 Å². The molecule has 1 fully saturated rings. The lowest BCUT2D eigenvalue weighted by Crippen LogP contribution is -2.19. The summed E-state index contributed by atoms with van der Waals surface area (Å²) in [6.45, 7) is 4.91. The quantitative estimate of drug-likeness (QED) is 0.340. The molecule has 174 valence electrons. The van der Waals surface area contributed by atoms with Gasteiger partial charge < -0.3 is 14.8 Å². The van der Waals surface area contributed by atoms with E-state index in [-0.39, 0.29) is 5.91 Å². The van der Waals surface area contributed by atoms with Gasteiger partial charge >= 0.3 is 0 Å². The number of nitrogens with zero attached hydrogens (tertiary/aromatic N) is 1. The maximum atomic E-state index is 12.5. The number of ether oxygens (including phenoxy) is 2. The summed E-state index contributed by atoms with van der Waals surface area (Å²) in [5.41, 5.74) is 3.58. The summed E-state index contributed by atoms with van der Waals surface area (Å²) in [5, 5.41) is 4.02. The van der Waals surface area contributed by atoms with Gasteiger partial charge in [-0.3, -0.25) is 4.79 Å². The van der Waals surface area contributed by atoms with Crippen molar-refractivity contribution in [3.63, 3.8) is 0 Å². The van der Waals surface area contributed by atoms with Crippen molar-refractivity contribution in [1.29, 1.82) is 0 Å². The second-order valence-corrected chi connectivity index (χ2v) is 9.35. The number of thioether (sulfide) groups is 1. The van der Waals surface area contributed by atoms with Gasteiger partial charge in [0.25, 0.3) is 5.91 Å². The van der Waals surface area contributed by atoms with Crippen LogP contribution in [-0.2, 0) is 11.4 Å². The fraction of sp³-hybridized carbons (Fsp3) is 0.154. The summed E-state index contributed by atoms with van der Waals surface area (Å²) < 4.78 is 11.3. The van der Waals surface area contributed by atoms with Crippen LogP contribution in [0.1, 0.15) is 23.6 Å². The molecule has 1 N–H and O–H groups in total. The standard InChI is InChI=1S/C26H22Cl2N2O3S/c1-3-32-20-9-7-19(8-10-20)29-26-30-25(31)23(34-26)14-18-12-21(27)24(22(28)13-18)33-15-17-6-4-5-16(2)11-17/h4-14H,3,15H2,1-2H3,(H,29,30,31)/b23-14+. The van der Waals surface area contributed by atoms with Crippen LogP contribution in [-0.4, -0.2) is 17.7 Å². The molecule has 1 amide bonds. The number of amidine groups is 1. The molecule has 34 heavy (non-hydrogen) atoms. The van der Waals surface area contributed by atoms with Crippen molar-refractivity contribution in [2.24, 2.45) is 4.99 Å². The van der Waals surface area contributed by atoms with Gasteiger partial charge in [-0.15, -0.1) is 0 Å². The molecule has 0 aliphatic carbocycles. The van der Waals surface area contributed by atoms with Crippen molar-refractivity contribution < 1.29 is 14.3 Å². The minimum atomic E-state index is -0.235. The molecule has 1 aliphatic rings. The molecule has 0 spiro atoms. The third-order valence-electron chi connectivity index (χ3n) is 4.81. The molecule has 8 heteroatoms. The van der Waals surface area contributed by atoms with E-state index in [0.29, 0.717) is 50.3 Å². The van der Waals surface area contributed by atoms with E-state index in [0.717, 1.165) is 16.9 Å². The van der Waals surface area contributed by atoms with Crippen molar-refractivity contribution >= 4 is 57.8 Å². The molecule has 1 saturated heterocycles. The first kappa shape index (κ1) is 24.2. The van der Waals surface area contributed by atoms with E-state index in [9.17, 15) is 4.79 Å². The number of amides is 1. The zero-order valence-corrected chi connectivity index (χ0v) is 20.9. The largest absolute Gasteiger partial charge is 0.494 e. The lowest BCUT2D eigenvalue weighted by Gasteiger charge is -2.11. The Labute approximate surface area is 212 Å². The Morgan fingerprint density at radius 1 is 1.03 bits per heavy atom. The van der Waals surface area contributed by atoms with Crippen LogP contribution in [0.5, 0.6) is 11.5 Å². The lowest BCUT2D eigenvalue weighted by atomic mass is 10.1. The average Bonchev–Trinajstić information content (AvgIpc) is 3.13. The Bertz CT molecular complexity index is 1250. The number of hydrogen-bond acceptors (Lipinski definition) is 5. The van der Waals surface area contributed by atoms with Crippen molar-refractivity contribution in [3.05, 3.63) is 92.3 Å². The number of carbonyl (C=O) groups excluding carboxylic acids is 1. The smallest absolute Gasteiger partial charge is 0.264 e. The zero-order valence-electron chi connectivity index (χ0n) is 18.6. The molecule has 0 radical (unpaired) electrons. The summed E-state index contributed by atoms with van der Waals surface area (Å²) in [6, 6.07) is 18.8. The summed E-state index contributed by atoms with van der Waals surface area (Å²) in [4.78, 5) is 17.4. The summed E-state index contributed by atoms with van der Waals surface area (Å²) in [5.74, 6) is 0.949. The highest BCUT2D eigenvalue weighted by atomic mass is 35.5. The fourth-order valence-electron chi connectivity index (χ4n) is 3.29. The maximum Gasteiger partial charge on any atom is 0.264 e. The number of rotatable bonds is 7. The predicted molar refractivity (Wildman–Crippen MR) is 140 cm³/mol. The maximum absolute atomic E-state index is 12.5. The van der Waals surface area contributed by atoms with Gasteiger partial charge in [0.2, 0.25) is 0 Å². The third kappa shape index (κ3) is 6.14. The first-order chi connectivity index (χ1) is 16.4. The van der Waals surface area contributed by atoms with Crippen LogP contribution in [0, 0.1) is 6.92 Å². The van der Waals surface area contributed by atoms with E-state index in [2.05, 4.69) is 10.3 Å². The second-order valence-electron chi connectivity index (χ2n) is 7.50. The van der Waals surface area contributed by atoms with Crippen LogP contribution in [0.2, 0.25) is 10.0 Å². The first-order valence-electron chi connectivity index (χ1n) is 10.6. The van der Waals surface area contributed by atoms with Crippen LogP contribution in [0.25, 0.3) is 6.08 Å². The number of aryl methyl sites for hydroxylation is 1. The Morgan fingerprint density at radius 3 is 2.44 bits per heavy atom. The molecule has 0 aromatic heterocycles. The molecule has 3 aromatic rings. The normalized spacial score (nSPS) is 15.6. The lowest BCUT2D eigenvalue weighted by molar-refractivity contribution is -0.115.